The summed E-state index contributed by atoms with van der Waals surface area (Å²) in [5.41, 5.74) is 0. The molecule has 0 atom stereocenters. The Balaban J connectivity index is 2.69. The monoisotopic (exact) mass is 191 g/mol. The van der Waals surface area contributed by atoms with Gasteiger partial charge in [0.1, 0.15) is 0 Å². The predicted molar refractivity (Wildman–Crippen MR) is 59.5 cm³/mol. The highest BCUT2D eigenvalue weighted by atomic mass is 32.2. The Morgan fingerprint density at radius 3 is 2.27 bits per heavy atom. The molecule has 0 N–H and O–H groups in total. The van der Waals surface area contributed by atoms with Gasteiger partial charge >= 0.3 is 0 Å². The molecule has 0 saturated carbocycles. The highest BCUT2D eigenvalue weighted by molar-refractivity contribution is 7.99. The molecule has 0 aromatic heterocycles. The first-order valence-corrected chi connectivity index (χ1v) is 6.82. The summed E-state index contributed by atoms with van der Waals surface area (Å²) in [6.07, 6.45) is 7.34. The highest BCUT2D eigenvalue weighted by Crippen LogP contribution is 2.08. The van der Waals surface area contributed by atoms with Crippen LogP contribution in [0.4, 0.5) is 0 Å². The molecule has 2 heteroatoms. The number of unbranched alkanes of at least 4 members (excludes halogenated alkanes) is 2. The van der Waals surface area contributed by atoms with E-state index in [2.05, 4.69) is 24.9 Å². The van der Waals surface area contributed by atoms with Crippen LogP contribution < -0.4 is 0 Å². The summed E-state index contributed by atoms with van der Waals surface area (Å²) in [6.45, 7) is 3.82. The predicted octanol–water partition coefficient (Wildman–Crippen LogP) is 3.48. The molecule has 11 heavy (non-hydrogen) atoms. The lowest BCUT2D eigenvalue weighted by Gasteiger charge is -1.99. The van der Waals surface area contributed by atoms with Gasteiger partial charge in [0.05, 0.1) is 0 Å². The molecule has 0 rings (SSSR count). The third-order valence-electron chi connectivity index (χ3n) is 1.43. The minimum atomic E-state index is 1.10. The molecule has 67 valence electrons. The Morgan fingerprint density at radius 1 is 1.00 bits per heavy atom. The van der Waals surface area contributed by atoms with E-state index in [1.165, 1.54) is 36.5 Å². The molecule has 0 nitrogen and oxygen atoms in total. The average molecular weight is 191 g/mol. The van der Waals surface area contributed by atoms with Gasteiger partial charge in [-0.1, -0.05) is 13.3 Å². The lowest BCUT2D eigenvalue weighted by Crippen LogP contribution is -1.85. The quantitative estimate of drug-likeness (QED) is 0.539. The zero-order chi connectivity index (χ0) is 8.36. The van der Waals surface area contributed by atoms with Crippen molar-refractivity contribution in [3.8, 4) is 0 Å². The van der Waals surface area contributed by atoms with Crippen molar-refractivity contribution in [2.75, 3.05) is 23.5 Å². The Morgan fingerprint density at radius 2 is 1.64 bits per heavy atom. The fourth-order valence-electron chi connectivity index (χ4n) is 0.757. The van der Waals surface area contributed by atoms with Crippen LogP contribution in [0.15, 0.2) is 0 Å². The normalized spacial score (nSPS) is 10.4. The van der Waals surface area contributed by atoms with Crippen molar-refractivity contribution >= 4 is 23.5 Å². The van der Waals surface area contributed by atoms with Crippen LogP contribution in [0.1, 0.15) is 25.7 Å². The minimum Gasteiger partial charge on any atom is -0.165 e. The zero-order valence-corrected chi connectivity index (χ0v) is 9.11. The van der Waals surface area contributed by atoms with Gasteiger partial charge in [-0.15, -0.1) is 0 Å². The zero-order valence-electron chi connectivity index (χ0n) is 7.47. The smallest absolute Gasteiger partial charge is 0.00672 e. The van der Waals surface area contributed by atoms with Crippen molar-refractivity contribution in [3.05, 3.63) is 6.92 Å². The summed E-state index contributed by atoms with van der Waals surface area (Å²) in [5.74, 6) is 3.99. The second-order valence-corrected chi connectivity index (χ2v) is 4.73. The largest absolute Gasteiger partial charge is 0.165 e. The molecule has 0 aromatic rings. The van der Waals surface area contributed by atoms with E-state index < -0.39 is 0 Å². The van der Waals surface area contributed by atoms with Gasteiger partial charge in [0.25, 0.3) is 0 Å². The van der Waals surface area contributed by atoms with E-state index in [0.29, 0.717) is 0 Å². The summed E-state index contributed by atoms with van der Waals surface area (Å²) in [6, 6.07) is 0. The molecule has 0 aliphatic heterocycles. The van der Waals surface area contributed by atoms with Crippen LogP contribution in [-0.4, -0.2) is 23.5 Å². The van der Waals surface area contributed by atoms with Gasteiger partial charge in [0.15, 0.2) is 0 Å². The van der Waals surface area contributed by atoms with E-state index in [1.807, 2.05) is 11.8 Å². The number of hydrogen-bond acceptors (Lipinski definition) is 2. The van der Waals surface area contributed by atoms with Gasteiger partial charge in [-0.25, -0.2) is 0 Å². The summed E-state index contributed by atoms with van der Waals surface area (Å²) < 4.78 is 0. The standard InChI is InChI=1S/C9H19S2/c1-3-4-8-11-9-6-5-7-10-2/h1,3-9H2,2H3. The molecule has 0 heterocycles. The lowest BCUT2D eigenvalue weighted by molar-refractivity contribution is 0.903. The molecule has 0 fully saturated rings. The Kier molecular flexibility index (Phi) is 11.4. The number of thioether (sulfide) groups is 2. The Bertz CT molecular complexity index is 56.6. The molecule has 0 spiro atoms. The van der Waals surface area contributed by atoms with E-state index in [-0.39, 0.29) is 0 Å². The maximum atomic E-state index is 3.82. The Hall–Kier alpha value is 0.700. The van der Waals surface area contributed by atoms with Crippen molar-refractivity contribution in [2.45, 2.75) is 25.7 Å². The summed E-state index contributed by atoms with van der Waals surface area (Å²) in [7, 11) is 0. The molecule has 1 radical (unpaired) electrons. The molecule has 0 bridgehead atoms. The van der Waals surface area contributed by atoms with E-state index >= 15 is 0 Å². The molecule has 0 amide bonds. The number of hydrogen-bond donors (Lipinski definition) is 0. The first-order valence-electron chi connectivity index (χ1n) is 4.27. The van der Waals surface area contributed by atoms with E-state index in [9.17, 15) is 0 Å². The summed E-state index contributed by atoms with van der Waals surface area (Å²) in [5, 5.41) is 0. The molecule has 0 aromatic carbocycles. The fourth-order valence-corrected chi connectivity index (χ4v) is 2.27. The lowest BCUT2D eigenvalue weighted by atomic mass is 10.4. The van der Waals surface area contributed by atoms with Crippen molar-refractivity contribution in [1.29, 1.82) is 0 Å². The van der Waals surface area contributed by atoms with Crippen LogP contribution in [0.25, 0.3) is 0 Å². The van der Waals surface area contributed by atoms with Gasteiger partial charge in [-0.05, 0) is 42.8 Å². The first kappa shape index (κ1) is 11.7. The number of rotatable bonds is 8. The third kappa shape index (κ3) is 10.7. The SMILES string of the molecule is [CH2]CCCSCCCCSC. The van der Waals surface area contributed by atoms with Crippen LogP contribution >= 0.6 is 23.5 Å². The third-order valence-corrected chi connectivity index (χ3v) is 3.28. The highest BCUT2D eigenvalue weighted by Gasteiger charge is 1.89. The minimum absolute atomic E-state index is 1.10. The van der Waals surface area contributed by atoms with Crippen molar-refractivity contribution < 1.29 is 0 Å². The second-order valence-electron chi connectivity index (χ2n) is 2.52. The second kappa shape index (κ2) is 10.7. The topological polar surface area (TPSA) is 0 Å². The van der Waals surface area contributed by atoms with Crippen molar-refractivity contribution in [2.24, 2.45) is 0 Å². The average Bonchev–Trinajstić information content (AvgIpc) is 2.03. The van der Waals surface area contributed by atoms with Crippen molar-refractivity contribution in [1.82, 2.24) is 0 Å². The van der Waals surface area contributed by atoms with E-state index in [4.69, 9.17) is 0 Å². The van der Waals surface area contributed by atoms with Gasteiger partial charge < -0.3 is 0 Å². The van der Waals surface area contributed by atoms with E-state index in [0.717, 1.165) is 6.42 Å². The van der Waals surface area contributed by atoms with Gasteiger partial charge in [-0.3, -0.25) is 0 Å². The molecule has 0 unspecified atom stereocenters. The van der Waals surface area contributed by atoms with Crippen LogP contribution in [-0.2, 0) is 0 Å². The molecular weight excluding hydrogens is 172 g/mol. The molecule has 0 saturated heterocycles. The van der Waals surface area contributed by atoms with Crippen LogP contribution in [0, 0.1) is 6.92 Å². The van der Waals surface area contributed by atoms with Crippen LogP contribution in [0.5, 0.6) is 0 Å². The van der Waals surface area contributed by atoms with Crippen molar-refractivity contribution in [3.63, 3.8) is 0 Å². The van der Waals surface area contributed by atoms with Gasteiger partial charge in [0.2, 0.25) is 0 Å². The van der Waals surface area contributed by atoms with Gasteiger partial charge in [-0.2, -0.15) is 23.5 Å². The fraction of sp³-hybridized carbons (Fsp3) is 0.889. The summed E-state index contributed by atoms with van der Waals surface area (Å²) in [4.78, 5) is 0. The van der Waals surface area contributed by atoms with Crippen LogP contribution in [0.3, 0.4) is 0 Å². The van der Waals surface area contributed by atoms with E-state index in [1.54, 1.807) is 0 Å². The maximum Gasteiger partial charge on any atom is -0.00672 e. The van der Waals surface area contributed by atoms with Gasteiger partial charge in [0, 0.05) is 0 Å². The summed E-state index contributed by atoms with van der Waals surface area (Å²) >= 11 is 4.03. The first-order chi connectivity index (χ1) is 5.41. The Labute approximate surface area is 79.9 Å². The maximum absolute atomic E-state index is 3.82. The molecule has 0 aliphatic carbocycles. The molecule has 0 aliphatic rings. The van der Waals surface area contributed by atoms with Crippen LogP contribution in [0.2, 0.25) is 0 Å². The molecular formula is C9H19S2.